The Morgan fingerprint density at radius 2 is 1.62 bits per heavy atom. The van der Waals surface area contributed by atoms with Gasteiger partial charge in [0.15, 0.2) is 0 Å². The zero-order valence-corrected chi connectivity index (χ0v) is 33.5. The molecule has 2 aromatic rings. The first-order valence-corrected chi connectivity index (χ1v) is 18.8. The number of benzene rings is 1. The second-order valence-electron chi connectivity index (χ2n) is 14.7. The summed E-state index contributed by atoms with van der Waals surface area (Å²) in [5, 5.41) is 6.14. The van der Waals surface area contributed by atoms with Gasteiger partial charge in [-0.3, -0.25) is 14.4 Å². The highest BCUT2D eigenvalue weighted by Gasteiger charge is 2.43. The van der Waals surface area contributed by atoms with Crippen molar-refractivity contribution in [2.24, 2.45) is 17.8 Å². The minimum atomic E-state index is -0.880. The molecule has 2 N–H and O–H groups in total. The Morgan fingerprint density at radius 1 is 0.981 bits per heavy atom. The number of methoxy groups -OCH3 is 3. The molecule has 1 fully saturated rings. The third-order valence-corrected chi connectivity index (χ3v) is 10.5. The van der Waals surface area contributed by atoms with Gasteiger partial charge in [0.1, 0.15) is 12.1 Å². The van der Waals surface area contributed by atoms with E-state index in [0.717, 1.165) is 29.8 Å². The number of carbonyl (C=O) groups excluding carboxylic acids is 4. The van der Waals surface area contributed by atoms with Crippen LogP contribution >= 0.6 is 0 Å². The second-order valence-corrected chi connectivity index (χ2v) is 14.7. The van der Waals surface area contributed by atoms with Crippen molar-refractivity contribution < 1.29 is 33.4 Å². The molecule has 0 bridgehead atoms. The summed E-state index contributed by atoms with van der Waals surface area (Å²) in [5.41, 5.74) is 2.49. The number of aromatic nitrogens is 2. The summed E-state index contributed by atoms with van der Waals surface area (Å²) in [6.45, 7) is 14.1. The number of hydrogen-bond acceptors (Lipinski definition) is 10. The van der Waals surface area contributed by atoms with Crippen molar-refractivity contribution in [3.8, 4) is 0 Å². The van der Waals surface area contributed by atoms with Crippen LogP contribution in [0.15, 0.2) is 36.4 Å². The lowest BCUT2D eigenvalue weighted by molar-refractivity contribution is -0.148. The molecule has 3 unspecified atom stereocenters. The first-order valence-electron chi connectivity index (χ1n) is 18.8. The smallest absolute Gasteiger partial charge is 0.328 e. The van der Waals surface area contributed by atoms with E-state index in [1.165, 1.54) is 14.2 Å². The first-order chi connectivity index (χ1) is 25.2. The molecule has 3 rings (SSSR count). The minimum absolute atomic E-state index is 0.00966. The van der Waals surface area contributed by atoms with Crippen LogP contribution in [0.25, 0.3) is 0 Å². The lowest BCUT2D eigenvalue weighted by Crippen LogP contribution is -2.56. The van der Waals surface area contributed by atoms with Gasteiger partial charge in [0.2, 0.25) is 23.7 Å². The molecule has 8 atom stereocenters. The van der Waals surface area contributed by atoms with Crippen LogP contribution in [0.1, 0.15) is 77.3 Å². The van der Waals surface area contributed by atoms with Gasteiger partial charge >= 0.3 is 5.97 Å². The van der Waals surface area contributed by atoms with E-state index in [0.29, 0.717) is 18.9 Å². The molecular formula is C40H62N6O7. The average molecular weight is 739 g/mol. The summed E-state index contributed by atoms with van der Waals surface area (Å²) in [7, 11) is 6.18. The lowest BCUT2D eigenvalue weighted by Gasteiger charge is -2.40. The maximum absolute atomic E-state index is 14.2. The van der Waals surface area contributed by atoms with Gasteiger partial charge in [0.05, 0.1) is 43.7 Å². The summed E-state index contributed by atoms with van der Waals surface area (Å²) in [6, 6.07) is 9.02. The van der Waals surface area contributed by atoms with Gasteiger partial charge in [-0.1, -0.05) is 71.4 Å². The van der Waals surface area contributed by atoms with E-state index in [4.69, 9.17) is 14.2 Å². The van der Waals surface area contributed by atoms with Gasteiger partial charge in [-0.2, -0.15) is 0 Å². The number of amides is 3. The molecular weight excluding hydrogens is 676 g/mol. The van der Waals surface area contributed by atoms with E-state index in [1.807, 2.05) is 64.1 Å². The zero-order chi connectivity index (χ0) is 39.4. The van der Waals surface area contributed by atoms with Crippen molar-refractivity contribution in [2.75, 3.05) is 40.2 Å². The van der Waals surface area contributed by atoms with E-state index in [1.54, 1.807) is 30.9 Å². The van der Waals surface area contributed by atoms with Gasteiger partial charge in [0, 0.05) is 45.6 Å². The highest BCUT2D eigenvalue weighted by molar-refractivity contribution is 5.87. The minimum Gasteiger partial charge on any atom is -0.467 e. The molecule has 3 amide bonds. The van der Waals surface area contributed by atoms with Crippen LogP contribution in [0.2, 0.25) is 0 Å². The van der Waals surface area contributed by atoms with Crippen molar-refractivity contribution in [1.82, 2.24) is 25.1 Å². The molecule has 2 heterocycles. The van der Waals surface area contributed by atoms with Crippen LogP contribution < -0.4 is 10.6 Å². The Labute approximate surface area is 315 Å². The maximum Gasteiger partial charge on any atom is 0.328 e. The van der Waals surface area contributed by atoms with E-state index >= 15 is 0 Å². The summed E-state index contributed by atoms with van der Waals surface area (Å²) in [4.78, 5) is 67.2. The maximum atomic E-state index is 14.2. The van der Waals surface area contributed by atoms with Crippen LogP contribution in [0.3, 0.4) is 0 Å². The summed E-state index contributed by atoms with van der Waals surface area (Å²) in [5.74, 6) is -1.54. The van der Waals surface area contributed by atoms with Gasteiger partial charge in [-0.25, -0.2) is 14.8 Å². The van der Waals surface area contributed by atoms with Crippen molar-refractivity contribution in [2.45, 2.75) is 117 Å². The number of nitrogens with zero attached hydrogens (tertiary/aromatic N) is 4. The number of anilines is 1. The van der Waals surface area contributed by atoms with Crippen LogP contribution in [0, 0.1) is 31.6 Å². The number of aryl methyl sites for hydroxylation is 2. The Hall–Kier alpha value is -4.10. The third kappa shape index (κ3) is 11.4. The molecule has 0 aliphatic carbocycles. The fraction of sp³-hybridized carbons (Fsp3) is 0.650. The Balaban J connectivity index is 1.79. The highest BCUT2D eigenvalue weighted by atomic mass is 16.5. The van der Waals surface area contributed by atoms with Crippen molar-refractivity contribution in [3.05, 3.63) is 53.3 Å². The molecule has 1 saturated heterocycles. The van der Waals surface area contributed by atoms with Gasteiger partial charge in [0.25, 0.3) is 0 Å². The predicted octanol–water partition coefficient (Wildman–Crippen LogP) is 4.35. The van der Waals surface area contributed by atoms with Gasteiger partial charge < -0.3 is 34.6 Å². The molecule has 13 heteroatoms. The Kier molecular flexibility index (Phi) is 16.7. The molecule has 0 radical (unpaired) electrons. The van der Waals surface area contributed by atoms with Crippen molar-refractivity contribution in [3.63, 3.8) is 0 Å². The van der Waals surface area contributed by atoms with Gasteiger partial charge in [-0.15, -0.1) is 0 Å². The summed E-state index contributed by atoms with van der Waals surface area (Å²) in [6.07, 6.45) is 1.25. The molecule has 1 aliphatic heterocycles. The first kappa shape index (κ1) is 43.3. The van der Waals surface area contributed by atoms with Crippen LogP contribution in [0.4, 0.5) is 5.95 Å². The quantitative estimate of drug-likeness (QED) is 0.199. The largest absolute Gasteiger partial charge is 0.467 e. The number of carbonyl (C=O) groups is 4. The number of likely N-dealkylation sites (tertiary alicyclic amines) is 1. The zero-order valence-electron chi connectivity index (χ0n) is 33.5. The molecule has 0 spiro atoms. The number of nitrogens with one attached hydrogen (secondary N) is 2. The van der Waals surface area contributed by atoms with E-state index in [-0.39, 0.29) is 48.4 Å². The number of ether oxygens (including phenoxy) is 3. The predicted molar refractivity (Wildman–Crippen MR) is 204 cm³/mol. The number of rotatable bonds is 19. The van der Waals surface area contributed by atoms with E-state index in [9.17, 15) is 19.2 Å². The average Bonchev–Trinajstić information content (AvgIpc) is 3.62. The highest BCUT2D eigenvalue weighted by Crippen LogP contribution is 2.30. The molecule has 53 heavy (non-hydrogen) atoms. The number of likely N-dealkylation sites (N-methyl/N-ethyl adjacent to an activating group) is 1. The topological polar surface area (TPSA) is 152 Å². The molecule has 294 valence electrons. The fourth-order valence-corrected chi connectivity index (χ4v) is 7.46. The van der Waals surface area contributed by atoms with Crippen LogP contribution in [0.5, 0.6) is 0 Å². The third-order valence-electron chi connectivity index (χ3n) is 10.5. The Bertz CT molecular complexity index is 1490. The molecule has 1 aromatic carbocycles. The molecule has 0 saturated carbocycles. The summed E-state index contributed by atoms with van der Waals surface area (Å²) < 4.78 is 17.0. The standard InChI is InChI=1S/C40H62N6O7/c1-12-25(4)35(45(8)38(49)34(24(2)3)44-40-41-26(5)21-27(6)42-40)32(51-9)23-33(47)46-20-16-19-31(46)36(52-10)28(7)37(48)43-30(39(50)53-11)22-29-17-14-13-15-18-29/h13-15,17-18,21,24-25,28,30-32,34-36H,12,16,19-20,22-23H2,1-11H3,(H,43,48)(H,41,42,44)/t25-,28+,30?,31?,32+,34?,35-,36+/m0/s1. The van der Waals surface area contributed by atoms with Crippen molar-refractivity contribution >= 4 is 29.6 Å². The lowest BCUT2D eigenvalue weighted by atomic mass is 9.89. The number of hydrogen-bond donors (Lipinski definition) is 2. The van der Waals surface area contributed by atoms with Gasteiger partial charge in [-0.05, 0) is 50.2 Å². The fourth-order valence-electron chi connectivity index (χ4n) is 7.46. The normalized spacial score (nSPS) is 18.3. The molecule has 13 nitrogen and oxygen atoms in total. The summed E-state index contributed by atoms with van der Waals surface area (Å²) >= 11 is 0. The van der Waals surface area contributed by atoms with Crippen LogP contribution in [-0.2, 0) is 39.8 Å². The SMILES string of the molecule is CC[C@H](C)[C@@H]([C@@H](CC(=O)N1CCCC1[C@H](OC)[C@@H](C)C(=O)NC(Cc1ccccc1)C(=O)OC)OC)N(C)C(=O)C(Nc1nc(C)cc(C)n1)C(C)C. The second kappa shape index (κ2) is 20.4. The number of esters is 1. The van der Waals surface area contributed by atoms with Crippen molar-refractivity contribution in [1.29, 1.82) is 0 Å². The molecule has 1 aliphatic rings. The monoisotopic (exact) mass is 738 g/mol. The molecule has 1 aromatic heterocycles. The van der Waals surface area contributed by atoms with E-state index in [2.05, 4.69) is 34.4 Å². The van der Waals surface area contributed by atoms with E-state index < -0.39 is 42.2 Å². The van der Waals surface area contributed by atoms with Crippen LogP contribution in [-0.4, -0.2) is 115 Å². The Morgan fingerprint density at radius 3 is 2.17 bits per heavy atom.